The molecule has 1 aliphatic rings. The summed E-state index contributed by atoms with van der Waals surface area (Å²) in [5.41, 5.74) is 0. The van der Waals surface area contributed by atoms with Crippen LogP contribution in [0.5, 0.6) is 0 Å². The van der Waals surface area contributed by atoms with Gasteiger partial charge in [0.05, 0.1) is 6.61 Å². The Morgan fingerprint density at radius 2 is 2.09 bits per heavy atom. The third-order valence-corrected chi connectivity index (χ3v) is 1.22. The molecule has 1 aliphatic heterocycles. The molecule has 11 heavy (non-hydrogen) atoms. The summed E-state index contributed by atoms with van der Waals surface area (Å²) >= 11 is 0. The fraction of sp³-hybridized carbons (Fsp3) is 0.875. The van der Waals surface area contributed by atoms with Crippen LogP contribution < -0.4 is 0 Å². The highest BCUT2D eigenvalue weighted by Crippen LogP contribution is 1.98. The normalized spacial score (nSPS) is 15.0. The van der Waals surface area contributed by atoms with Crippen molar-refractivity contribution in [1.29, 1.82) is 0 Å². The second-order valence-corrected chi connectivity index (χ2v) is 2.29. The van der Waals surface area contributed by atoms with Crippen molar-refractivity contribution in [3.05, 3.63) is 0 Å². The van der Waals surface area contributed by atoms with E-state index in [0.717, 1.165) is 19.6 Å². The maximum Gasteiger partial charge on any atom is 0.293 e. The molecule has 0 N–H and O–H groups in total. The van der Waals surface area contributed by atoms with Gasteiger partial charge >= 0.3 is 0 Å². The van der Waals surface area contributed by atoms with Gasteiger partial charge in [0.2, 0.25) is 0 Å². The lowest BCUT2D eigenvalue weighted by molar-refractivity contribution is -0.128. The average Bonchev–Trinajstić information content (AvgIpc) is 2.57. The maximum absolute atomic E-state index is 9.34. The van der Waals surface area contributed by atoms with Gasteiger partial charge in [0.25, 0.3) is 6.47 Å². The van der Waals surface area contributed by atoms with Crippen LogP contribution >= 0.6 is 0 Å². The zero-order chi connectivity index (χ0) is 8.36. The van der Waals surface area contributed by atoms with Crippen molar-refractivity contribution in [2.24, 2.45) is 0 Å². The Morgan fingerprint density at radius 1 is 1.45 bits per heavy atom. The van der Waals surface area contributed by atoms with Gasteiger partial charge in [-0.15, -0.1) is 0 Å². The number of carbonyl (C=O) groups is 1. The van der Waals surface area contributed by atoms with Gasteiger partial charge in [0.15, 0.2) is 0 Å². The first-order valence-electron chi connectivity index (χ1n) is 4.04. The molecule has 1 rings (SSSR count). The Bertz CT molecular complexity index is 71.8. The first-order chi connectivity index (χ1) is 5.41. The number of carbonyl (C=O) groups excluding carboxylic acids is 1. The summed E-state index contributed by atoms with van der Waals surface area (Å²) in [6.07, 6.45) is 3.46. The molecule has 0 aromatic rings. The molecule has 1 fully saturated rings. The van der Waals surface area contributed by atoms with Gasteiger partial charge in [0.1, 0.15) is 0 Å². The highest BCUT2D eigenvalue weighted by atomic mass is 16.5. The lowest BCUT2D eigenvalue weighted by Gasteiger charge is -1.86. The second-order valence-electron chi connectivity index (χ2n) is 2.29. The molecule has 3 nitrogen and oxygen atoms in total. The highest BCUT2D eigenvalue weighted by molar-refractivity contribution is 5.36. The van der Waals surface area contributed by atoms with Gasteiger partial charge in [-0.05, 0) is 19.3 Å². The van der Waals surface area contributed by atoms with E-state index < -0.39 is 0 Å². The van der Waals surface area contributed by atoms with Crippen molar-refractivity contribution in [3.63, 3.8) is 0 Å². The van der Waals surface area contributed by atoms with Crippen LogP contribution in [-0.2, 0) is 14.3 Å². The average molecular weight is 160 g/mol. The van der Waals surface area contributed by atoms with Crippen LogP contribution in [0.2, 0.25) is 0 Å². The van der Waals surface area contributed by atoms with Crippen LogP contribution in [0.4, 0.5) is 0 Å². The molecule has 66 valence electrons. The van der Waals surface area contributed by atoms with E-state index in [2.05, 4.69) is 4.74 Å². The summed E-state index contributed by atoms with van der Waals surface area (Å²) in [5, 5.41) is 0. The van der Waals surface area contributed by atoms with Gasteiger partial charge in [-0.25, -0.2) is 0 Å². The van der Waals surface area contributed by atoms with Crippen molar-refractivity contribution < 1.29 is 14.3 Å². The van der Waals surface area contributed by atoms with Crippen LogP contribution in [0.15, 0.2) is 0 Å². The van der Waals surface area contributed by atoms with E-state index in [1.165, 1.54) is 12.8 Å². The summed E-state index contributed by atoms with van der Waals surface area (Å²) in [5.74, 6) is 0. The molecular weight excluding hydrogens is 144 g/mol. The smallest absolute Gasteiger partial charge is 0.293 e. The van der Waals surface area contributed by atoms with E-state index in [0.29, 0.717) is 13.1 Å². The summed E-state index contributed by atoms with van der Waals surface area (Å²) < 4.78 is 9.25. The van der Waals surface area contributed by atoms with Crippen LogP contribution in [0.1, 0.15) is 26.2 Å². The van der Waals surface area contributed by atoms with Gasteiger partial charge in [-0.2, -0.15) is 0 Å². The van der Waals surface area contributed by atoms with Crippen molar-refractivity contribution >= 4 is 6.47 Å². The van der Waals surface area contributed by atoms with Gasteiger partial charge in [-0.1, -0.05) is 6.92 Å². The molecule has 0 saturated carbocycles. The molecule has 1 saturated heterocycles. The minimum atomic E-state index is 0.462. The molecule has 0 amide bonds. The molecule has 0 radical (unpaired) electrons. The Hall–Kier alpha value is -0.570. The lowest BCUT2D eigenvalue weighted by Crippen LogP contribution is -1.86. The summed E-state index contributed by atoms with van der Waals surface area (Å²) in [4.78, 5) is 9.34. The fourth-order valence-corrected chi connectivity index (χ4v) is 0.676. The van der Waals surface area contributed by atoms with Crippen molar-refractivity contribution in [3.8, 4) is 0 Å². The number of ether oxygens (including phenoxy) is 2. The van der Waals surface area contributed by atoms with Crippen molar-refractivity contribution in [1.82, 2.24) is 0 Å². The number of hydrogen-bond acceptors (Lipinski definition) is 3. The van der Waals surface area contributed by atoms with E-state index in [1.54, 1.807) is 0 Å². The molecule has 0 aromatic carbocycles. The first-order valence-corrected chi connectivity index (χ1v) is 4.04. The van der Waals surface area contributed by atoms with E-state index in [1.807, 2.05) is 6.92 Å². The standard InChI is InChI=1S/C4H8O2.C4H8O/c1-2-3-6-4-5;1-2-4-5-3-1/h4H,2-3H2,1H3;1-4H2. The zero-order valence-corrected chi connectivity index (χ0v) is 7.04. The minimum absolute atomic E-state index is 0.462. The quantitative estimate of drug-likeness (QED) is 0.462. The predicted molar refractivity (Wildman–Crippen MR) is 42.4 cm³/mol. The highest BCUT2D eigenvalue weighted by Gasteiger charge is 1.94. The summed E-state index contributed by atoms with van der Waals surface area (Å²) in [6.45, 7) is 4.95. The Morgan fingerprint density at radius 3 is 2.27 bits per heavy atom. The van der Waals surface area contributed by atoms with Crippen LogP contribution in [0.3, 0.4) is 0 Å². The molecule has 0 aliphatic carbocycles. The second kappa shape index (κ2) is 9.43. The molecule has 0 unspecified atom stereocenters. The predicted octanol–water partition coefficient (Wildman–Crippen LogP) is 1.37. The number of hydrogen-bond donors (Lipinski definition) is 0. The van der Waals surface area contributed by atoms with Crippen molar-refractivity contribution in [2.45, 2.75) is 26.2 Å². The molecule has 0 atom stereocenters. The summed E-state index contributed by atoms with van der Waals surface area (Å²) in [6, 6.07) is 0. The van der Waals surface area contributed by atoms with Crippen molar-refractivity contribution in [2.75, 3.05) is 19.8 Å². The van der Waals surface area contributed by atoms with Crippen LogP contribution in [0.25, 0.3) is 0 Å². The third-order valence-electron chi connectivity index (χ3n) is 1.22. The van der Waals surface area contributed by atoms with E-state index >= 15 is 0 Å². The topological polar surface area (TPSA) is 35.5 Å². The van der Waals surface area contributed by atoms with Gasteiger partial charge in [-0.3, -0.25) is 4.79 Å². The van der Waals surface area contributed by atoms with E-state index in [9.17, 15) is 4.79 Å². The third kappa shape index (κ3) is 9.43. The summed E-state index contributed by atoms with van der Waals surface area (Å²) in [7, 11) is 0. The fourth-order valence-electron chi connectivity index (χ4n) is 0.676. The van der Waals surface area contributed by atoms with Gasteiger partial charge < -0.3 is 9.47 Å². The minimum Gasteiger partial charge on any atom is -0.468 e. The maximum atomic E-state index is 9.34. The lowest BCUT2D eigenvalue weighted by atomic mass is 10.4. The molecular formula is C8H16O3. The SMILES string of the molecule is C1CCOC1.CCCOC=O. The molecule has 0 bridgehead atoms. The molecule has 0 spiro atoms. The Balaban J connectivity index is 0.000000183. The van der Waals surface area contributed by atoms with Gasteiger partial charge in [0, 0.05) is 13.2 Å². The molecule has 3 heteroatoms. The Kier molecular flexibility index (Phi) is 8.94. The first kappa shape index (κ1) is 10.4. The monoisotopic (exact) mass is 160 g/mol. The van der Waals surface area contributed by atoms with Crippen LogP contribution in [0, 0.1) is 0 Å². The Labute approximate surface area is 67.7 Å². The zero-order valence-electron chi connectivity index (χ0n) is 7.04. The van der Waals surface area contributed by atoms with E-state index in [-0.39, 0.29) is 0 Å². The number of rotatable bonds is 3. The van der Waals surface area contributed by atoms with E-state index in [4.69, 9.17) is 4.74 Å². The van der Waals surface area contributed by atoms with Crippen LogP contribution in [-0.4, -0.2) is 26.3 Å². The largest absolute Gasteiger partial charge is 0.468 e. The molecule has 1 heterocycles. The molecule has 0 aromatic heterocycles.